The van der Waals surface area contributed by atoms with Crippen LogP contribution in [0.4, 0.5) is 5.69 Å². The first kappa shape index (κ1) is 16.8. The molecule has 120 valence electrons. The van der Waals surface area contributed by atoms with Crippen LogP contribution < -0.4 is 10.1 Å². The first-order valence-corrected chi connectivity index (χ1v) is 7.90. The summed E-state index contributed by atoms with van der Waals surface area (Å²) in [6.45, 7) is 6.87. The first-order valence-electron chi connectivity index (χ1n) is 7.90. The van der Waals surface area contributed by atoms with Gasteiger partial charge in [0.15, 0.2) is 5.78 Å². The number of ether oxygens (including phenoxy) is 1. The van der Waals surface area contributed by atoms with Crippen molar-refractivity contribution in [1.82, 2.24) is 0 Å². The Balaban J connectivity index is 1.92. The van der Waals surface area contributed by atoms with Crippen LogP contribution in [-0.4, -0.2) is 12.4 Å². The third-order valence-corrected chi connectivity index (χ3v) is 3.51. The minimum atomic E-state index is -0.0151. The van der Waals surface area contributed by atoms with Crippen molar-refractivity contribution in [2.45, 2.75) is 26.7 Å². The Hall–Kier alpha value is -2.55. The highest BCUT2D eigenvalue weighted by molar-refractivity contribution is 6.04. The second-order valence-electron chi connectivity index (χ2n) is 5.58. The molecule has 0 amide bonds. The van der Waals surface area contributed by atoms with Gasteiger partial charge in [-0.3, -0.25) is 4.79 Å². The Bertz CT molecular complexity index is 655. The monoisotopic (exact) mass is 309 g/mol. The van der Waals surface area contributed by atoms with Crippen LogP contribution in [0.1, 0.15) is 42.6 Å². The normalized spacial score (nSPS) is 11.0. The molecule has 0 heterocycles. The first-order chi connectivity index (χ1) is 11.1. The summed E-state index contributed by atoms with van der Waals surface area (Å²) in [5.74, 6) is 1.29. The molecule has 0 saturated heterocycles. The summed E-state index contributed by atoms with van der Waals surface area (Å²) in [7, 11) is 0. The maximum absolute atomic E-state index is 12.1. The molecule has 1 N–H and O–H groups in total. The third kappa shape index (κ3) is 4.99. The number of rotatable bonds is 7. The van der Waals surface area contributed by atoms with Gasteiger partial charge in [0.05, 0.1) is 6.61 Å². The number of nitrogens with one attached hydrogen (secondary N) is 1. The Kier molecular flexibility index (Phi) is 5.98. The van der Waals surface area contributed by atoms with Crippen LogP contribution in [0.3, 0.4) is 0 Å². The highest BCUT2D eigenvalue weighted by atomic mass is 16.5. The maximum Gasteiger partial charge on any atom is 0.187 e. The quantitative estimate of drug-likeness (QED) is 0.576. The van der Waals surface area contributed by atoms with Crippen LogP contribution in [0.25, 0.3) is 0 Å². The lowest BCUT2D eigenvalue weighted by Crippen LogP contribution is -1.97. The molecule has 0 bridgehead atoms. The van der Waals surface area contributed by atoms with Crippen molar-refractivity contribution in [1.29, 1.82) is 0 Å². The molecule has 0 radical (unpaired) electrons. The van der Waals surface area contributed by atoms with Gasteiger partial charge in [0.25, 0.3) is 0 Å². The smallest absolute Gasteiger partial charge is 0.187 e. The zero-order valence-electron chi connectivity index (χ0n) is 13.9. The SMILES string of the molecule is CCOc1ccc(N/C=C/C(=O)c2ccc(C(C)C)cc2)cc1. The molecule has 23 heavy (non-hydrogen) atoms. The van der Waals surface area contributed by atoms with Gasteiger partial charge in [-0.2, -0.15) is 0 Å². The molecule has 2 rings (SSSR count). The second-order valence-corrected chi connectivity index (χ2v) is 5.58. The molecule has 0 fully saturated rings. The van der Waals surface area contributed by atoms with Crippen LogP contribution in [0.15, 0.2) is 60.8 Å². The van der Waals surface area contributed by atoms with Crippen LogP contribution in [0.5, 0.6) is 5.75 Å². The van der Waals surface area contributed by atoms with E-state index in [1.54, 1.807) is 12.3 Å². The summed E-state index contributed by atoms with van der Waals surface area (Å²) < 4.78 is 5.39. The molecule has 2 aromatic rings. The van der Waals surface area contributed by atoms with E-state index >= 15 is 0 Å². The van der Waals surface area contributed by atoms with E-state index < -0.39 is 0 Å². The minimum absolute atomic E-state index is 0.0151. The molecule has 0 aliphatic carbocycles. The Morgan fingerprint density at radius 3 is 2.30 bits per heavy atom. The van der Waals surface area contributed by atoms with E-state index in [1.807, 2.05) is 55.5 Å². The zero-order chi connectivity index (χ0) is 16.7. The van der Waals surface area contributed by atoms with Gasteiger partial charge in [0, 0.05) is 23.5 Å². The lowest BCUT2D eigenvalue weighted by atomic mass is 10.0. The molecule has 0 aromatic heterocycles. The molecule has 0 atom stereocenters. The molecule has 0 unspecified atom stereocenters. The molecule has 0 spiro atoms. The van der Waals surface area contributed by atoms with Crippen LogP contribution in [0.2, 0.25) is 0 Å². The number of anilines is 1. The zero-order valence-corrected chi connectivity index (χ0v) is 13.9. The fourth-order valence-corrected chi connectivity index (χ4v) is 2.16. The number of allylic oxidation sites excluding steroid dienone is 1. The van der Waals surface area contributed by atoms with Crippen LogP contribution >= 0.6 is 0 Å². The molecular formula is C20H23NO2. The van der Waals surface area contributed by atoms with Crippen LogP contribution in [0, 0.1) is 0 Å². The summed E-state index contributed by atoms with van der Waals surface area (Å²) in [6, 6.07) is 15.4. The van der Waals surface area contributed by atoms with Gasteiger partial charge in [-0.25, -0.2) is 0 Å². The molecule has 2 aromatic carbocycles. The molecular weight excluding hydrogens is 286 g/mol. The predicted octanol–water partition coefficient (Wildman–Crippen LogP) is 5.02. The molecule has 0 saturated carbocycles. The minimum Gasteiger partial charge on any atom is -0.494 e. The molecule has 3 nitrogen and oxygen atoms in total. The van der Waals surface area contributed by atoms with E-state index in [1.165, 1.54) is 5.56 Å². The number of benzene rings is 2. The van der Waals surface area contributed by atoms with Crippen molar-refractivity contribution in [2.75, 3.05) is 11.9 Å². The Labute approximate surface area is 138 Å². The second kappa shape index (κ2) is 8.18. The van der Waals surface area contributed by atoms with Crippen molar-refractivity contribution in [3.05, 3.63) is 71.9 Å². The van der Waals surface area contributed by atoms with E-state index in [-0.39, 0.29) is 5.78 Å². The number of carbonyl (C=O) groups is 1. The van der Waals surface area contributed by atoms with Gasteiger partial charge >= 0.3 is 0 Å². The standard InChI is InChI=1S/C20H23NO2/c1-4-23-19-11-9-18(10-12-19)21-14-13-20(22)17-7-5-16(6-8-17)15(2)3/h5-15,21H,4H2,1-3H3/b14-13+. The van der Waals surface area contributed by atoms with Crippen molar-refractivity contribution in [3.63, 3.8) is 0 Å². The summed E-state index contributed by atoms with van der Waals surface area (Å²) in [5, 5.41) is 3.09. The van der Waals surface area contributed by atoms with Crippen LogP contribution in [-0.2, 0) is 0 Å². The van der Waals surface area contributed by atoms with E-state index in [0.717, 1.165) is 11.4 Å². The van der Waals surface area contributed by atoms with E-state index in [9.17, 15) is 4.79 Å². The van der Waals surface area contributed by atoms with Gasteiger partial charge in [-0.1, -0.05) is 38.1 Å². The summed E-state index contributed by atoms with van der Waals surface area (Å²) in [5.41, 5.74) is 2.84. The van der Waals surface area contributed by atoms with Gasteiger partial charge in [0.2, 0.25) is 0 Å². The van der Waals surface area contributed by atoms with Crippen molar-refractivity contribution in [2.24, 2.45) is 0 Å². The van der Waals surface area contributed by atoms with Crippen molar-refractivity contribution in [3.8, 4) is 5.75 Å². The van der Waals surface area contributed by atoms with Crippen molar-refractivity contribution < 1.29 is 9.53 Å². The average Bonchev–Trinajstić information content (AvgIpc) is 2.56. The number of ketones is 1. The molecule has 3 heteroatoms. The highest BCUT2D eigenvalue weighted by Gasteiger charge is 2.03. The van der Waals surface area contributed by atoms with E-state index in [4.69, 9.17) is 4.74 Å². The number of carbonyl (C=O) groups excluding carboxylic acids is 1. The fraction of sp³-hybridized carbons (Fsp3) is 0.250. The Morgan fingerprint density at radius 2 is 1.74 bits per heavy atom. The van der Waals surface area contributed by atoms with Gasteiger partial charge in [0.1, 0.15) is 5.75 Å². The topological polar surface area (TPSA) is 38.3 Å². The van der Waals surface area contributed by atoms with E-state index in [2.05, 4.69) is 19.2 Å². The van der Waals surface area contributed by atoms with Gasteiger partial charge in [-0.15, -0.1) is 0 Å². The maximum atomic E-state index is 12.1. The van der Waals surface area contributed by atoms with Gasteiger partial charge in [-0.05, 0) is 42.7 Å². The lowest BCUT2D eigenvalue weighted by Gasteiger charge is -2.05. The van der Waals surface area contributed by atoms with Gasteiger partial charge < -0.3 is 10.1 Å². The third-order valence-electron chi connectivity index (χ3n) is 3.51. The lowest BCUT2D eigenvalue weighted by molar-refractivity contribution is 0.104. The summed E-state index contributed by atoms with van der Waals surface area (Å²) in [6.07, 6.45) is 3.20. The predicted molar refractivity (Wildman–Crippen MR) is 95.2 cm³/mol. The molecule has 0 aliphatic rings. The molecule has 0 aliphatic heterocycles. The fourth-order valence-electron chi connectivity index (χ4n) is 2.16. The number of hydrogen-bond acceptors (Lipinski definition) is 3. The van der Waals surface area contributed by atoms with Crippen molar-refractivity contribution >= 4 is 11.5 Å². The average molecular weight is 309 g/mol. The Morgan fingerprint density at radius 1 is 1.09 bits per heavy atom. The highest BCUT2D eigenvalue weighted by Crippen LogP contribution is 2.16. The summed E-state index contributed by atoms with van der Waals surface area (Å²) in [4.78, 5) is 12.1. The largest absolute Gasteiger partial charge is 0.494 e. The van der Waals surface area contributed by atoms with E-state index in [0.29, 0.717) is 18.1 Å². The summed E-state index contributed by atoms with van der Waals surface area (Å²) >= 11 is 0. The number of hydrogen-bond donors (Lipinski definition) is 1.